The molecule has 2 fully saturated rings. The zero-order chi connectivity index (χ0) is 14.8. The molecule has 0 aliphatic carbocycles. The molecule has 0 aromatic heterocycles. The lowest BCUT2D eigenvalue weighted by molar-refractivity contribution is -0.384. The highest BCUT2D eigenvalue weighted by Gasteiger charge is 2.43. The van der Waals surface area contributed by atoms with Crippen molar-refractivity contribution in [1.82, 2.24) is 0 Å². The molecule has 1 aromatic rings. The maximum atomic E-state index is 10.5. The number of aliphatic hydroxyl groups is 1. The molecule has 8 heteroatoms. The SMILES string of the molecule is O=[N+]([O-])c1ccc(OC(O)O[C@H]2CO[C@H]3OCC[C@H]32)cc1. The van der Waals surface area contributed by atoms with E-state index in [2.05, 4.69) is 0 Å². The lowest BCUT2D eigenvalue weighted by Crippen LogP contribution is -2.31. The van der Waals surface area contributed by atoms with Gasteiger partial charge in [-0.25, -0.2) is 0 Å². The molecule has 0 saturated carbocycles. The number of hydrogen-bond donors (Lipinski definition) is 1. The number of benzene rings is 1. The van der Waals surface area contributed by atoms with Crippen molar-refractivity contribution in [3.05, 3.63) is 34.4 Å². The van der Waals surface area contributed by atoms with E-state index in [1.165, 1.54) is 24.3 Å². The van der Waals surface area contributed by atoms with Crippen molar-refractivity contribution in [2.45, 2.75) is 25.3 Å². The van der Waals surface area contributed by atoms with Crippen LogP contribution in [0.25, 0.3) is 0 Å². The van der Waals surface area contributed by atoms with Crippen molar-refractivity contribution < 1.29 is 29.0 Å². The van der Waals surface area contributed by atoms with Crippen molar-refractivity contribution in [3.63, 3.8) is 0 Å². The highest BCUT2D eigenvalue weighted by atomic mass is 16.8. The van der Waals surface area contributed by atoms with Crippen molar-refractivity contribution in [2.24, 2.45) is 5.92 Å². The Hall–Kier alpha value is -1.74. The third kappa shape index (κ3) is 3.13. The van der Waals surface area contributed by atoms with Gasteiger partial charge in [0, 0.05) is 18.1 Å². The zero-order valence-electron chi connectivity index (χ0n) is 11.1. The molecule has 3 rings (SSSR count). The number of ether oxygens (including phenoxy) is 4. The number of aliphatic hydroxyl groups excluding tert-OH is 1. The molecule has 2 aliphatic heterocycles. The summed E-state index contributed by atoms with van der Waals surface area (Å²) in [7, 11) is 0. The first kappa shape index (κ1) is 14.2. The van der Waals surface area contributed by atoms with Crippen molar-refractivity contribution in [3.8, 4) is 5.75 Å². The van der Waals surface area contributed by atoms with Crippen molar-refractivity contribution in [2.75, 3.05) is 13.2 Å². The minimum absolute atomic E-state index is 0.0482. The maximum absolute atomic E-state index is 10.5. The van der Waals surface area contributed by atoms with Crippen LogP contribution in [0.3, 0.4) is 0 Å². The van der Waals surface area contributed by atoms with Gasteiger partial charge in [0.2, 0.25) is 0 Å². The number of nitrogens with zero attached hydrogens (tertiary/aromatic N) is 1. The molecule has 21 heavy (non-hydrogen) atoms. The average molecular weight is 297 g/mol. The van der Waals surface area contributed by atoms with E-state index in [4.69, 9.17) is 18.9 Å². The van der Waals surface area contributed by atoms with E-state index in [1.54, 1.807) is 0 Å². The van der Waals surface area contributed by atoms with Crippen molar-refractivity contribution >= 4 is 5.69 Å². The highest BCUT2D eigenvalue weighted by Crippen LogP contribution is 2.33. The fourth-order valence-corrected chi connectivity index (χ4v) is 2.51. The summed E-state index contributed by atoms with van der Waals surface area (Å²) >= 11 is 0. The second kappa shape index (κ2) is 5.94. The number of hydrogen-bond acceptors (Lipinski definition) is 7. The van der Waals surface area contributed by atoms with E-state index < -0.39 is 11.4 Å². The van der Waals surface area contributed by atoms with Gasteiger partial charge in [-0.05, 0) is 18.6 Å². The molecule has 1 unspecified atom stereocenters. The normalized spacial score (nSPS) is 29.1. The number of fused-ring (bicyclic) bond motifs is 1. The average Bonchev–Trinajstić information content (AvgIpc) is 3.04. The van der Waals surface area contributed by atoms with Crippen LogP contribution in [0.5, 0.6) is 5.75 Å². The summed E-state index contributed by atoms with van der Waals surface area (Å²) in [4.78, 5) is 10.0. The van der Waals surface area contributed by atoms with E-state index in [0.717, 1.165) is 6.42 Å². The monoisotopic (exact) mass is 297 g/mol. The summed E-state index contributed by atoms with van der Waals surface area (Å²) in [6.45, 7) is -0.496. The van der Waals surface area contributed by atoms with Gasteiger partial charge in [0.15, 0.2) is 6.29 Å². The lowest BCUT2D eigenvalue weighted by Gasteiger charge is -2.20. The quantitative estimate of drug-likeness (QED) is 0.492. The molecule has 1 N–H and O–H groups in total. The Kier molecular flexibility index (Phi) is 4.02. The predicted octanol–water partition coefficient (Wildman–Crippen LogP) is 1.03. The van der Waals surface area contributed by atoms with Gasteiger partial charge in [-0.1, -0.05) is 0 Å². The van der Waals surface area contributed by atoms with E-state index in [1.807, 2.05) is 0 Å². The topological polar surface area (TPSA) is 100 Å². The first-order valence-corrected chi connectivity index (χ1v) is 6.61. The van der Waals surface area contributed by atoms with Crippen LogP contribution in [0.2, 0.25) is 0 Å². The van der Waals surface area contributed by atoms with Crippen LogP contribution in [0, 0.1) is 16.0 Å². The zero-order valence-corrected chi connectivity index (χ0v) is 11.1. The number of rotatable bonds is 5. The summed E-state index contributed by atoms with van der Waals surface area (Å²) in [5.41, 5.74) is -0.0482. The molecule has 0 spiro atoms. The molecule has 2 heterocycles. The van der Waals surface area contributed by atoms with Gasteiger partial charge < -0.3 is 24.1 Å². The fraction of sp³-hybridized carbons (Fsp3) is 0.538. The molecule has 2 saturated heterocycles. The number of nitro groups is 1. The molecule has 114 valence electrons. The molecule has 0 amide bonds. The Morgan fingerprint density at radius 2 is 2.10 bits per heavy atom. The summed E-state index contributed by atoms with van der Waals surface area (Å²) < 4.78 is 21.3. The van der Waals surface area contributed by atoms with E-state index in [9.17, 15) is 15.2 Å². The Bertz CT molecular complexity index is 506. The standard InChI is InChI=1S/C13H15NO7/c15-13(20-9-3-1-8(2-4-9)14(16)17)21-11-7-19-12-10(11)5-6-18-12/h1-4,10-13,15H,5-7H2/t10-,11-,12+,13?/m0/s1. The Morgan fingerprint density at radius 3 is 2.81 bits per heavy atom. The highest BCUT2D eigenvalue weighted by molar-refractivity contribution is 5.35. The van der Waals surface area contributed by atoms with Crippen LogP contribution in [0.1, 0.15) is 6.42 Å². The van der Waals surface area contributed by atoms with Gasteiger partial charge in [0.05, 0.1) is 24.2 Å². The Labute approximate surface area is 120 Å². The minimum Gasteiger partial charge on any atom is -0.441 e. The largest absolute Gasteiger partial charge is 0.441 e. The van der Waals surface area contributed by atoms with E-state index in [0.29, 0.717) is 13.2 Å². The minimum atomic E-state index is -1.46. The third-order valence-electron chi connectivity index (χ3n) is 3.56. The van der Waals surface area contributed by atoms with E-state index >= 15 is 0 Å². The van der Waals surface area contributed by atoms with Gasteiger partial charge in [0.25, 0.3) is 5.69 Å². The number of non-ortho nitro benzene ring substituents is 1. The summed E-state index contributed by atoms with van der Waals surface area (Å²) in [5, 5.41) is 20.3. The first-order chi connectivity index (χ1) is 10.1. The van der Waals surface area contributed by atoms with Crippen LogP contribution >= 0.6 is 0 Å². The van der Waals surface area contributed by atoms with E-state index in [-0.39, 0.29) is 29.7 Å². The first-order valence-electron chi connectivity index (χ1n) is 6.61. The molecule has 1 aromatic carbocycles. The second-order valence-electron chi connectivity index (χ2n) is 4.88. The molecular weight excluding hydrogens is 282 g/mol. The van der Waals surface area contributed by atoms with Crippen molar-refractivity contribution in [1.29, 1.82) is 0 Å². The molecule has 4 atom stereocenters. The molecular formula is C13H15NO7. The summed E-state index contributed by atoms with van der Waals surface area (Å²) in [5.74, 6) is 0.381. The fourth-order valence-electron chi connectivity index (χ4n) is 2.51. The maximum Gasteiger partial charge on any atom is 0.313 e. The molecule has 0 bridgehead atoms. The van der Waals surface area contributed by atoms with Crippen LogP contribution in [0.15, 0.2) is 24.3 Å². The summed E-state index contributed by atoms with van der Waals surface area (Å²) in [6, 6.07) is 5.39. The lowest BCUT2D eigenvalue weighted by atomic mass is 10.0. The van der Waals surface area contributed by atoms with Gasteiger partial charge in [-0.3, -0.25) is 10.1 Å². The molecule has 2 aliphatic rings. The smallest absolute Gasteiger partial charge is 0.313 e. The van der Waals surface area contributed by atoms with Crippen LogP contribution in [-0.4, -0.2) is 42.1 Å². The predicted molar refractivity (Wildman–Crippen MR) is 68.4 cm³/mol. The van der Waals surface area contributed by atoms with Gasteiger partial charge in [0.1, 0.15) is 5.75 Å². The molecule has 8 nitrogen and oxygen atoms in total. The number of nitro benzene ring substituents is 1. The molecule has 0 radical (unpaired) electrons. The third-order valence-corrected chi connectivity index (χ3v) is 3.56. The Morgan fingerprint density at radius 1 is 1.33 bits per heavy atom. The van der Waals surface area contributed by atoms with Crippen LogP contribution in [0.4, 0.5) is 5.69 Å². The van der Waals surface area contributed by atoms with Crippen LogP contribution < -0.4 is 4.74 Å². The van der Waals surface area contributed by atoms with Gasteiger partial charge in [-0.2, -0.15) is 0 Å². The Balaban J connectivity index is 1.54. The summed E-state index contributed by atoms with van der Waals surface area (Å²) in [6.07, 6.45) is 0.270. The van der Waals surface area contributed by atoms with Gasteiger partial charge >= 0.3 is 6.48 Å². The van der Waals surface area contributed by atoms with Gasteiger partial charge in [-0.15, -0.1) is 0 Å². The second-order valence-corrected chi connectivity index (χ2v) is 4.88. The van der Waals surface area contributed by atoms with Crippen LogP contribution in [-0.2, 0) is 14.2 Å².